The van der Waals surface area contributed by atoms with Crippen molar-refractivity contribution in [3.63, 3.8) is 0 Å². The lowest BCUT2D eigenvalue weighted by Crippen LogP contribution is -2.30. The minimum atomic E-state index is -4.25. The molecular formula is C15H20F3N. The zero-order valence-corrected chi connectivity index (χ0v) is 11.3. The molecule has 1 aliphatic rings. The number of alkyl halides is 3. The molecule has 1 N–H and O–H groups in total. The summed E-state index contributed by atoms with van der Waals surface area (Å²) >= 11 is 0. The molecule has 0 aromatic heterocycles. The summed E-state index contributed by atoms with van der Waals surface area (Å²) in [6.45, 7) is 5.93. The maximum Gasteiger partial charge on any atom is 0.416 e. The first kappa shape index (κ1) is 14.4. The zero-order valence-electron chi connectivity index (χ0n) is 11.3. The fourth-order valence-electron chi connectivity index (χ4n) is 2.96. The number of hydrogen-bond acceptors (Lipinski definition) is 1. The molecule has 19 heavy (non-hydrogen) atoms. The average molecular weight is 271 g/mol. The molecule has 2 rings (SSSR count). The highest BCUT2D eigenvalue weighted by Gasteiger charge is 2.31. The van der Waals surface area contributed by atoms with Crippen molar-refractivity contribution in [3.8, 4) is 0 Å². The molecule has 4 heteroatoms. The SMILES string of the molecule is Cc1cc(C(F)(F)F)ccc1C(C)C1CCNCC1. The third-order valence-electron chi connectivity index (χ3n) is 4.18. The number of aryl methyl sites for hydroxylation is 1. The standard InChI is InChI=1S/C15H20F3N/c1-10-9-13(15(16,17)18)3-4-14(10)11(2)12-5-7-19-8-6-12/h3-4,9,11-12,19H,5-8H2,1-2H3. The van der Waals surface area contributed by atoms with E-state index >= 15 is 0 Å². The number of halogens is 3. The molecule has 0 radical (unpaired) electrons. The summed E-state index contributed by atoms with van der Waals surface area (Å²) in [4.78, 5) is 0. The van der Waals surface area contributed by atoms with Gasteiger partial charge in [0, 0.05) is 0 Å². The molecule has 1 aromatic rings. The third-order valence-corrected chi connectivity index (χ3v) is 4.18. The highest BCUT2D eigenvalue weighted by molar-refractivity contribution is 5.35. The van der Waals surface area contributed by atoms with Crippen LogP contribution in [0.3, 0.4) is 0 Å². The van der Waals surface area contributed by atoms with Gasteiger partial charge in [-0.2, -0.15) is 13.2 Å². The van der Waals surface area contributed by atoms with Crippen molar-refractivity contribution in [3.05, 3.63) is 34.9 Å². The van der Waals surface area contributed by atoms with E-state index in [-0.39, 0.29) is 0 Å². The highest BCUT2D eigenvalue weighted by Crippen LogP contribution is 2.35. The van der Waals surface area contributed by atoms with Crippen LogP contribution in [0, 0.1) is 12.8 Å². The molecule has 1 atom stereocenters. The van der Waals surface area contributed by atoms with Gasteiger partial charge in [-0.25, -0.2) is 0 Å². The van der Waals surface area contributed by atoms with E-state index < -0.39 is 11.7 Å². The first-order valence-corrected chi connectivity index (χ1v) is 6.78. The number of hydrogen-bond donors (Lipinski definition) is 1. The largest absolute Gasteiger partial charge is 0.416 e. The maximum atomic E-state index is 12.6. The summed E-state index contributed by atoms with van der Waals surface area (Å²) in [6, 6.07) is 4.14. The monoisotopic (exact) mass is 271 g/mol. The molecule has 1 unspecified atom stereocenters. The first-order chi connectivity index (χ1) is 8.89. The van der Waals surface area contributed by atoms with Gasteiger partial charge in [0.1, 0.15) is 0 Å². The van der Waals surface area contributed by atoms with Crippen molar-refractivity contribution in [2.75, 3.05) is 13.1 Å². The van der Waals surface area contributed by atoms with Crippen LogP contribution in [-0.2, 0) is 6.18 Å². The molecule has 1 aromatic carbocycles. The molecule has 0 saturated carbocycles. The van der Waals surface area contributed by atoms with Gasteiger partial charge >= 0.3 is 6.18 Å². The Bertz CT molecular complexity index is 434. The number of rotatable bonds is 2. The quantitative estimate of drug-likeness (QED) is 0.853. The molecule has 1 heterocycles. The molecule has 1 fully saturated rings. The van der Waals surface area contributed by atoms with Gasteiger partial charge in [0.25, 0.3) is 0 Å². The summed E-state index contributed by atoms with van der Waals surface area (Å²) in [5, 5.41) is 3.32. The molecule has 0 aliphatic carbocycles. The zero-order chi connectivity index (χ0) is 14.0. The van der Waals surface area contributed by atoms with Crippen LogP contribution in [0.4, 0.5) is 13.2 Å². The van der Waals surface area contributed by atoms with Crippen molar-refractivity contribution in [2.24, 2.45) is 5.92 Å². The molecule has 0 bridgehead atoms. The van der Waals surface area contributed by atoms with Gasteiger partial charge in [-0.05, 0) is 68.0 Å². The van der Waals surface area contributed by atoms with E-state index in [0.29, 0.717) is 11.8 Å². The Morgan fingerprint density at radius 1 is 1.21 bits per heavy atom. The lowest BCUT2D eigenvalue weighted by Gasteiger charge is -2.29. The van der Waals surface area contributed by atoms with Gasteiger partial charge in [-0.15, -0.1) is 0 Å². The van der Waals surface area contributed by atoms with Crippen molar-refractivity contribution < 1.29 is 13.2 Å². The Morgan fingerprint density at radius 2 is 1.84 bits per heavy atom. The van der Waals surface area contributed by atoms with Crippen LogP contribution in [-0.4, -0.2) is 13.1 Å². The van der Waals surface area contributed by atoms with Crippen molar-refractivity contribution in [1.82, 2.24) is 5.32 Å². The Kier molecular flexibility index (Phi) is 4.19. The predicted molar refractivity (Wildman–Crippen MR) is 70.2 cm³/mol. The summed E-state index contributed by atoms with van der Waals surface area (Å²) in [5.74, 6) is 0.890. The number of nitrogens with one attached hydrogen (secondary N) is 1. The van der Waals surface area contributed by atoms with Gasteiger partial charge in [-0.3, -0.25) is 0 Å². The van der Waals surface area contributed by atoms with E-state index in [1.165, 1.54) is 12.1 Å². The van der Waals surface area contributed by atoms with Crippen LogP contribution in [0.15, 0.2) is 18.2 Å². The summed E-state index contributed by atoms with van der Waals surface area (Å²) in [5.41, 5.74) is 1.26. The van der Waals surface area contributed by atoms with Crippen LogP contribution in [0.1, 0.15) is 42.4 Å². The fraction of sp³-hybridized carbons (Fsp3) is 0.600. The Morgan fingerprint density at radius 3 is 2.37 bits per heavy atom. The topological polar surface area (TPSA) is 12.0 Å². The Hall–Kier alpha value is -1.03. The lowest BCUT2D eigenvalue weighted by atomic mass is 9.80. The van der Waals surface area contributed by atoms with Crippen LogP contribution in [0.2, 0.25) is 0 Å². The second-order valence-electron chi connectivity index (χ2n) is 5.45. The first-order valence-electron chi connectivity index (χ1n) is 6.78. The van der Waals surface area contributed by atoms with E-state index in [0.717, 1.165) is 37.1 Å². The van der Waals surface area contributed by atoms with Crippen LogP contribution in [0.5, 0.6) is 0 Å². The van der Waals surface area contributed by atoms with Crippen LogP contribution < -0.4 is 5.32 Å². The van der Waals surface area contributed by atoms with E-state index in [2.05, 4.69) is 12.2 Å². The van der Waals surface area contributed by atoms with Gasteiger partial charge in [0.05, 0.1) is 5.56 Å². The van der Waals surface area contributed by atoms with Gasteiger partial charge in [-0.1, -0.05) is 13.0 Å². The van der Waals surface area contributed by atoms with E-state index in [1.54, 1.807) is 13.0 Å². The second kappa shape index (κ2) is 5.53. The van der Waals surface area contributed by atoms with Gasteiger partial charge in [0.15, 0.2) is 0 Å². The van der Waals surface area contributed by atoms with Crippen molar-refractivity contribution in [2.45, 2.75) is 38.8 Å². The predicted octanol–water partition coefficient (Wildman–Crippen LogP) is 4.12. The molecule has 0 spiro atoms. The highest BCUT2D eigenvalue weighted by atomic mass is 19.4. The maximum absolute atomic E-state index is 12.6. The van der Waals surface area contributed by atoms with E-state index in [9.17, 15) is 13.2 Å². The van der Waals surface area contributed by atoms with Crippen LogP contribution in [0.25, 0.3) is 0 Å². The summed E-state index contributed by atoms with van der Waals surface area (Å²) in [7, 11) is 0. The fourth-order valence-corrected chi connectivity index (χ4v) is 2.96. The minimum Gasteiger partial charge on any atom is -0.317 e. The molecular weight excluding hydrogens is 251 g/mol. The summed E-state index contributed by atoms with van der Waals surface area (Å²) in [6.07, 6.45) is -2.05. The van der Waals surface area contributed by atoms with E-state index in [1.807, 2.05) is 0 Å². The smallest absolute Gasteiger partial charge is 0.317 e. The molecule has 0 amide bonds. The summed E-state index contributed by atoms with van der Waals surface area (Å²) < 4.78 is 37.9. The Labute approximate surface area is 112 Å². The van der Waals surface area contributed by atoms with E-state index in [4.69, 9.17) is 0 Å². The number of piperidine rings is 1. The molecule has 1 nitrogen and oxygen atoms in total. The van der Waals surface area contributed by atoms with Crippen molar-refractivity contribution in [1.29, 1.82) is 0 Å². The molecule has 1 saturated heterocycles. The molecule has 1 aliphatic heterocycles. The average Bonchev–Trinajstić information content (AvgIpc) is 2.38. The minimum absolute atomic E-state index is 0.324. The third kappa shape index (κ3) is 3.30. The lowest BCUT2D eigenvalue weighted by molar-refractivity contribution is -0.137. The van der Waals surface area contributed by atoms with Crippen molar-refractivity contribution >= 4 is 0 Å². The van der Waals surface area contributed by atoms with Crippen LogP contribution >= 0.6 is 0 Å². The number of benzene rings is 1. The normalized spacial score (nSPS) is 19.4. The van der Waals surface area contributed by atoms with Gasteiger partial charge in [0.2, 0.25) is 0 Å². The second-order valence-corrected chi connectivity index (χ2v) is 5.45. The van der Waals surface area contributed by atoms with Gasteiger partial charge < -0.3 is 5.32 Å². The Balaban J connectivity index is 2.20. The molecule has 106 valence electrons.